The topological polar surface area (TPSA) is 94.4 Å². The van der Waals surface area contributed by atoms with Gasteiger partial charge in [-0.25, -0.2) is 14.5 Å². The number of carbonyl (C=O) groups excluding carboxylic acids is 2. The van der Waals surface area contributed by atoms with Gasteiger partial charge in [0.1, 0.15) is 0 Å². The number of amides is 1. The molecule has 0 radical (unpaired) electrons. The van der Waals surface area contributed by atoms with Crippen LogP contribution in [0.15, 0.2) is 107 Å². The quantitative estimate of drug-likeness (QED) is 0.218. The van der Waals surface area contributed by atoms with Crippen molar-refractivity contribution in [2.45, 2.75) is 13.1 Å². The van der Waals surface area contributed by atoms with Crippen LogP contribution < -0.4 is 10.5 Å². The molecule has 0 aliphatic carbocycles. The minimum Gasteiger partial charge on any atom is -0.451 e. The predicted molar refractivity (Wildman–Crippen MR) is 155 cm³/mol. The van der Waals surface area contributed by atoms with Crippen molar-refractivity contribution >= 4 is 39.9 Å². The number of benzene rings is 3. The number of carbonyl (C=O) groups is 2. The molecule has 2 aromatic heterocycles. The Balaban J connectivity index is 1.32. The maximum atomic E-state index is 13.4. The molecule has 2 heterocycles. The van der Waals surface area contributed by atoms with Gasteiger partial charge in [0, 0.05) is 22.0 Å². The van der Waals surface area contributed by atoms with E-state index in [-0.39, 0.29) is 24.3 Å². The Morgan fingerprint density at radius 2 is 1.55 bits per heavy atom. The van der Waals surface area contributed by atoms with Crippen LogP contribution in [0.4, 0.5) is 5.13 Å². The number of anilines is 1. The third-order valence-electron chi connectivity index (χ3n) is 5.93. The lowest BCUT2D eigenvalue weighted by molar-refractivity contribution is -0.121. The van der Waals surface area contributed by atoms with Gasteiger partial charge in [-0.3, -0.25) is 14.5 Å². The van der Waals surface area contributed by atoms with Crippen molar-refractivity contribution in [2.75, 3.05) is 11.5 Å². The second kappa shape index (κ2) is 12.5. The van der Waals surface area contributed by atoms with Crippen LogP contribution >= 0.6 is 22.9 Å². The standard InChI is InChI=1S/C30H23ClN4O4S/c31-24-13-11-23(12-14-24)26-20-40-30(32-26)34(17-21-7-3-1-4-8-21)28(37)19-39-29(38)25-15-16-27(36)35(33-25)18-22-9-5-2-6-10-22/h1-16,20H,17-19H2. The number of esters is 1. The van der Waals surface area contributed by atoms with Gasteiger partial charge in [0.25, 0.3) is 11.5 Å². The molecular weight excluding hydrogens is 548 g/mol. The number of thiazole rings is 1. The van der Waals surface area contributed by atoms with Crippen molar-refractivity contribution in [1.82, 2.24) is 14.8 Å². The van der Waals surface area contributed by atoms with Crippen LogP contribution in [0.3, 0.4) is 0 Å². The van der Waals surface area contributed by atoms with E-state index in [1.165, 1.54) is 33.1 Å². The molecule has 0 atom stereocenters. The van der Waals surface area contributed by atoms with E-state index in [0.29, 0.717) is 15.8 Å². The Kier molecular flexibility index (Phi) is 8.44. The van der Waals surface area contributed by atoms with Crippen molar-refractivity contribution in [1.29, 1.82) is 0 Å². The molecular formula is C30H23ClN4O4S. The van der Waals surface area contributed by atoms with Gasteiger partial charge in [0.2, 0.25) is 0 Å². The first-order valence-electron chi connectivity index (χ1n) is 12.3. The summed E-state index contributed by atoms with van der Waals surface area (Å²) >= 11 is 7.32. The minimum absolute atomic E-state index is 0.0720. The molecule has 0 spiro atoms. The first-order valence-corrected chi connectivity index (χ1v) is 13.6. The van der Waals surface area contributed by atoms with Gasteiger partial charge in [0.15, 0.2) is 17.4 Å². The van der Waals surface area contributed by atoms with Crippen molar-refractivity contribution in [2.24, 2.45) is 0 Å². The van der Waals surface area contributed by atoms with Crippen molar-refractivity contribution < 1.29 is 14.3 Å². The zero-order valence-electron chi connectivity index (χ0n) is 21.1. The van der Waals surface area contributed by atoms with E-state index in [0.717, 1.165) is 16.7 Å². The first kappa shape index (κ1) is 27.0. The molecule has 0 saturated heterocycles. The van der Waals surface area contributed by atoms with Crippen molar-refractivity contribution in [3.05, 3.63) is 135 Å². The minimum atomic E-state index is -0.809. The van der Waals surface area contributed by atoms with E-state index in [1.807, 2.05) is 78.2 Å². The highest BCUT2D eigenvalue weighted by molar-refractivity contribution is 7.14. The van der Waals surface area contributed by atoms with E-state index in [9.17, 15) is 14.4 Å². The number of hydrogen-bond acceptors (Lipinski definition) is 7. The fourth-order valence-electron chi connectivity index (χ4n) is 3.88. The molecule has 8 nitrogen and oxygen atoms in total. The van der Waals surface area contributed by atoms with Gasteiger partial charge in [-0.15, -0.1) is 11.3 Å². The smallest absolute Gasteiger partial charge is 0.359 e. The molecule has 5 aromatic rings. The van der Waals surface area contributed by atoms with E-state index in [2.05, 4.69) is 10.1 Å². The van der Waals surface area contributed by atoms with Crippen LogP contribution in [0.25, 0.3) is 11.3 Å². The summed E-state index contributed by atoms with van der Waals surface area (Å²) in [5.41, 5.74) is 2.88. The highest BCUT2D eigenvalue weighted by Crippen LogP contribution is 2.29. The molecule has 40 heavy (non-hydrogen) atoms. The van der Waals surface area contributed by atoms with Gasteiger partial charge in [0.05, 0.1) is 18.8 Å². The molecule has 0 saturated carbocycles. The number of ether oxygens (including phenoxy) is 1. The fraction of sp³-hybridized carbons (Fsp3) is 0.100. The molecule has 0 aliphatic rings. The molecule has 0 unspecified atom stereocenters. The summed E-state index contributed by atoms with van der Waals surface area (Å²) in [5, 5.41) is 7.08. The molecule has 0 N–H and O–H groups in total. The van der Waals surface area contributed by atoms with Gasteiger partial charge in [-0.1, -0.05) is 84.4 Å². The average molecular weight is 571 g/mol. The summed E-state index contributed by atoms with van der Waals surface area (Å²) < 4.78 is 6.52. The lowest BCUT2D eigenvalue weighted by Gasteiger charge is -2.20. The fourth-order valence-corrected chi connectivity index (χ4v) is 4.85. The summed E-state index contributed by atoms with van der Waals surface area (Å²) in [4.78, 5) is 44.6. The Bertz CT molecular complexity index is 1670. The van der Waals surface area contributed by atoms with E-state index >= 15 is 0 Å². The predicted octanol–water partition coefficient (Wildman–Crippen LogP) is 5.46. The molecule has 3 aromatic carbocycles. The maximum absolute atomic E-state index is 13.4. The Morgan fingerprint density at radius 1 is 0.875 bits per heavy atom. The number of aromatic nitrogens is 3. The van der Waals surface area contributed by atoms with Crippen LogP contribution in [-0.4, -0.2) is 33.2 Å². The van der Waals surface area contributed by atoms with Crippen molar-refractivity contribution in [3.63, 3.8) is 0 Å². The lowest BCUT2D eigenvalue weighted by Crippen LogP contribution is -2.34. The molecule has 10 heteroatoms. The second-order valence-electron chi connectivity index (χ2n) is 8.76. The summed E-state index contributed by atoms with van der Waals surface area (Å²) in [6, 6.07) is 28.6. The van der Waals surface area contributed by atoms with Gasteiger partial charge < -0.3 is 4.74 Å². The van der Waals surface area contributed by atoms with Crippen LogP contribution in [0.1, 0.15) is 21.6 Å². The van der Waals surface area contributed by atoms with E-state index in [1.54, 1.807) is 12.1 Å². The number of rotatable bonds is 9. The monoisotopic (exact) mass is 570 g/mol. The van der Waals surface area contributed by atoms with Crippen LogP contribution in [0.2, 0.25) is 5.02 Å². The number of halogens is 1. The maximum Gasteiger partial charge on any atom is 0.359 e. The Hall–Kier alpha value is -4.60. The average Bonchev–Trinajstić information content (AvgIpc) is 3.47. The van der Waals surface area contributed by atoms with E-state index < -0.39 is 18.5 Å². The number of hydrogen-bond donors (Lipinski definition) is 0. The molecule has 0 aliphatic heterocycles. The molecule has 5 rings (SSSR count). The summed E-state index contributed by atoms with van der Waals surface area (Å²) in [5.74, 6) is -1.26. The van der Waals surface area contributed by atoms with Crippen LogP contribution in [0.5, 0.6) is 0 Å². The van der Waals surface area contributed by atoms with Gasteiger partial charge in [-0.2, -0.15) is 5.10 Å². The molecule has 0 bridgehead atoms. The largest absolute Gasteiger partial charge is 0.451 e. The van der Waals surface area contributed by atoms with E-state index in [4.69, 9.17) is 16.3 Å². The summed E-state index contributed by atoms with van der Waals surface area (Å²) in [6.45, 7) is -0.0867. The first-order chi connectivity index (χ1) is 19.5. The highest BCUT2D eigenvalue weighted by Gasteiger charge is 2.22. The molecule has 1 amide bonds. The van der Waals surface area contributed by atoms with Crippen LogP contribution in [0, 0.1) is 0 Å². The zero-order valence-corrected chi connectivity index (χ0v) is 22.7. The number of nitrogens with zero attached hydrogens (tertiary/aromatic N) is 4. The summed E-state index contributed by atoms with van der Waals surface area (Å²) in [6.07, 6.45) is 0. The third-order valence-corrected chi connectivity index (χ3v) is 7.04. The molecule has 200 valence electrons. The second-order valence-corrected chi connectivity index (χ2v) is 10.0. The Morgan fingerprint density at radius 3 is 2.25 bits per heavy atom. The normalized spacial score (nSPS) is 10.7. The highest BCUT2D eigenvalue weighted by atomic mass is 35.5. The lowest BCUT2D eigenvalue weighted by atomic mass is 10.2. The third kappa shape index (κ3) is 6.69. The van der Waals surface area contributed by atoms with Gasteiger partial charge in [-0.05, 0) is 29.3 Å². The van der Waals surface area contributed by atoms with Crippen molar-refractivity contribution in [3.8, 4) is 11.3 Å². The van der Waals surface area contributed by atoms with Gasteiger partial charge >= 0.3 is 5.97 Å². The SMILES string of the molecule is O=C(OCC(=O)N(Cc1ccccc1)c1nc(-c2ccc(Cl)cc2)cs1)c1ccc(=O)n(Cc2ccccc2)n1. The Labute approximate surface area is 239 Å². The molecule has 0 fully saturated rings. The summed E-state index contributed by atoms with van der Waals surface area (Å²) in [7, 11) is 0. The van der Waals surface area contributed by atoms with Crippen LogP contribution in [-0.2, 0) is 22.6 Å². The zero-order chi connectivity index (χ0) is 27.9.